The zero-order valence-corrected chi connectivity index (χ0v) is 15.4. The Kier molecular flexibility index (Phi) is 4.01. The Morgan fingerprint density at radius 1 is 1.00 bits per heavy atom. The summed E-state index contributed by atoms with van der Waals surface area (Å²) in [6, 6.07) is 22.5. The van der Waals surface area contributed by atoms with Crippen molar-refractivity contribution >= 4 is 5.71 Å². The van der Waals surface area contributed by atoms with Crippen LogP contribution in [0.5, 0.6) is 11.5 Å². The Balaban J connectivity index is 1.62. The normalized spacial score (nSPS) is 20.1. The fraction of sp³-hybridized carbons (Fsp3) is 0.174. The van der Waals surface area contributed by atoms with Gasteiger partial charge in [0.2, 0.25) is 6.23 Å². The fourth-order valence-electron chi connectivity index (χ4n) is 3.90. The van der Waals surface area contributed by atoms with E-state index >= 15 is 0 Å². The van der Waals surface area contributed by atoms with E-state index in [4.69, 9.17) is 14.6 Å². The minimum absolute atomic E-state index is 0.0316. The van der Waals surface area contributed by atoms with E-state index < -0.39 is 6.23 Å². The standard InChI is InChI=1S/C23H19FN2O2/c1-27-21-9-5-8-18-20-14-19(15-6-3-2-4-7-15)25-26(20)23(28-22(18)21)16-10-12-17(24)13-11-16/h2-13,20,23H,14H2,1H3/t20-,23-/m1/s1. The summed E-state index contributed by atoms with van der Waals surface area (Å²) in [7, 11) is 1.64. The number of hydrogen-bond donors (Lipinski definition) is 0. The molecule has 0 fully saturated rings. The fourth-order valence-corrected chi connectivity index (χ4v) is 3.90. The highest BCUT2D eigenvalue weighted by Gasteiger charge is 2.42. The molecule has 0 spiro atoms. The average Bonchev–Trinajstić information content (AvgIpc) is 3.20. The first kappa shape index (κ1) is 16.8. The van der Waals surface area contributed by atoms with Crippen molar-refractivity contribution in [2.75, 3.05) is 7.11 Å². The SMILES string of the molecule is COc1cccc2c1O[C@H](c1ccc(F)cc1)N1N=C(c3ccccc3)C[C@H]21. The van der Waals surface area contributed by atoms with Crippen molar-refractivity contribution in [1.29, 1.82) is 0 Å². The lowest BCUT2D eigenvalue weighted by Crippen LogP contribution is -2.33. The maximum absolute atomic E-state index is 13.5. The van der Waals surface area contributed by atoms with Gasteiger partial charge >= 0.3 is 0 Å². The molecular weight excluding hydrogens is 355 g/mol. The molecule has 0 saturated carbocycles. The number of ether oxygens (including phenoxy) is 2. The van der Waals surface area contributed by atoms with Gasteiger partial charge in [-0.1, -0.05) is 54.6 Å². The highest BCUT2D eigenvalue weighted by Crippen LogP contribution is 2.50. The van der Waals surface area contributed by atoms with E-state index in [0.29, 0.717) is 5.75 Å². The zero-order chi connectivity index (χ0) is 19.1. The van der Waals surface area contributed by atoms with Crippen LogP contribution in [0.2, 0.25) is 0 Å². The van der Waals surface area contributed by atoms with Crippen LogP contribution in [0, 0.1) is 5.82 Å². The minimum Gasteiger partial charge on any atom is -0.493 e. The zero-order valence-electron chi connectivity index (χ0n) is 15.4. The van der Waals surface area contributed by atoms with E-state index in [1.54, 1.807) is 19.2 Å². The Hall–Kier alpha value is -3.34. The van der Waals surface area contributed by atoms with Crippen molar-refractivity contribution in [2.45, 2.75) is 18.7 Å². The van der Waals surface area contributed by atoms with Gasteiger partial charge in [0.15, 0.2) is 11.5 Å². The second-order valence-corrected chi connectivity index (χ2v) is 6.91. The summed E-state index contributed by atoms with van der Waals surface area (Å²) >= 11 is 0. The van der Waals surface area contributed by atoms with Gasteiger partial charge in [0.25, 0.3) is 0 Å². The second-order valence-electron chi connectivity index (χ2n) is 6.91. The molecule has 0 N–H and O–H groups in total. The molecule has 0 aromatic heterocycles. The number of hydrogen-bond acceptors (Lipinski definition) is 4. The summed E-state index contributed by atoms with van der Waals surface area (Å²) in [5, 5.41) is 6.89. The summed E-state index contributed by atoms with van der Waals surface area (Å²) in [4.78, 5) is 0. The van der Waals surface area contributed by atoms with Crippen LogP contribution in [0.4, 0.5) is 4.39 Å². The maximum Gasteiger partial charge on any atom is 0.214 e. The average molecular weight is 374 g/mol. The van der Waals surface area contributed by atoms with E-state index in [0.717, 1.165) is 34.6 Å². The minimum atomic E-state index is -0.449. The van der Waals surface area contributed by atoms with Crippen LogP contribution in [-0.4, -0.2) is 17.8 Å². The lowest BCUT2D eigenvalue weighted by atomic mass is 9.95. The van der Waals surface area contributed by atoms with Crippen LogP contribution in [0.15, 0.2) is 77.9 Å². The first-order chi connectivity index (χ1) is 13.7. The van der Waals surface area contributed by atoms with Crippen LogP contribution in [0.3, 0.4) is 0 Å². The van der Waals surface area contributed by atoms with Crippen molar-refractivity contribution in [2.24, 2.45) is 5.10 Å². The molecule has 2 heterocycles. The number of para-hydroxylation sites is 1. The molecule has 3 aromatic carbocycles. The van der Waals surface area contributed by atoms with Crippen LogP contribution >= 0.6 is 0 Å². The van der Waals surface area contributed by atoms with Crippen molar-refractivity contribution < 1.29 is 13.9 Å². The number of methoxy groups -OCH3 is 1. The monoisotopic (exact) mass is 374 g/mol. The summed E-state index contributed by atoms with van der Waals surface area (Å²) in [5.41, 5.74) is 4.00. The molecule has 28 heavy (non-hydrogen) atoms. The number of halogens is 1. The molecule has 0 amide bonds. The predicted molar refractivity (Wildman–Crippen MR) is 105 cm³/mol. The Morgan fingerprint density at radius 3 is 2.54 bits per heavy atom. The highest BCUT2D eigenvalue weighted by atomic mass is 19.1. The molecule has 0 aliphatic carbocycles. The van der Waals surface area contributed by atoms with E-state index in [-0.39, 0.29) is 11.9 Å². The number of nitrogens with zero attached hydrogens (tertiary/aromatic N) is 2. The van der Waals surface area contributed by atoms with Gasteiger partial charge in [0.1, 0.15) is 5.82 Å². The summed E-state index contributed by atoms with van der Waals surface area (Å²) in [6.07, 6.45) is 0.321. The second kappa shape index (κ2) is 6.68. The number of hydrazone groups is 1. The van der Waals surface area contributed by atoms with E-state index in [9.17, 15) is 4.39 Å². The third kappa shape index (κ3) is 2.71. The molecule has 2 atom stereocenters. The first-order valence-electron chi connectivity index (χ1n) is 9.25. The van der Waals surface area contributed by atoms with E-state index in [1.807, 2.05) is 35.3 Å². The van der Waals surface area contributed by atoms with Gasteiger partial charge in [-0.05, 0) is 23.8 Å². The number of benzene rings is 3. The molecule has 5 heteroatoms. The van der Waals surface area contributed by atoms with E-state index in [2.05, 4.69) is 18.2 Å². The molecule has 4 nitrogen and oxygen atoms in total. The molecule has 5 rings (SSSR count). The van der Waals surface area contributed by atoms with Crippen LogP contribution in [0.1, 0.15) is 35.4 Å². The summed E-state index contributed by atoms with van der Waals surface area (Å²) < 4.78 is 25.3. The topological polar surface area (TPSA) is 34.1 Å². The molecular formula is C23H19FN2O2. The lowest BCUT2D eigenvalue weighted by molar-refractivity contribution is -0.0209. The molecule has 2 aliphatic rings. The largest absolute Gasteiger partial charge is 0.493 e. The third-order valence-corrected chi connectivity index (χ3v) is 5.26. The van der Waals surface area contributed by atoms with Gasteiger partial charge in [-0.2, -0.15) is 5.10 Å². The van der Waals surface area contributed by atoms with Crippen molar-refractivity contribution in [1.82, 2.24) is 5.01 Å². The summed E-state index contributed by atoms with van der Waals surface area (Å²) in [6.45, 7) is 0. The highest BCUT2D eigenvalue weighted by molar-refractivity contribution is 6.01. The smallest absolute Gasteiger partial charge is 0.214 e. The van der Waals surface area contributed by atoms with Crippen molar-refractivity contribution in [3.05, 3.63) is 95.3 Å². The van der Waals surface area contributed by atoms with E-state index in [1.165, 1.54) is 12.1 Å². The van der Waals surface area contributed by atoms with Gasteiger partial charge in [-0.15, -0.1) is 0 Å². The molecule has 3 aromatic rings. The van der Waals surface area contributed by atoms with Crippen molar-refractivity contribution in [3.8, 4) is 11.5 Å². The predicted octanol–water partition coefficient (Wildman–Crippen LogP) is 5.08. The third-order valence-electron chi connectivity index (χ3n) is 5.26. The number of rotatable bonds is 3. The van der Waals surface area contributed by atoms with Gasteiger partial charge in [0, 0.05) is 17.5 Å². The maximum atomic E-state index is 13.5. The molecule has 0 saturated heterocycles. The van der Waals surface area contributed by atoms with Crippen LogP contribution in [-0.2, 0) is 0 Å². The van der Waals surface area contributed by atoms with Gasteiger partial charge in [0.05, 0.1) is 18.9 Å². The van der Waals surface area contributed by atoms with Crippen molar-refractivity contribution in [3.63, 3.8) is 0 Å². The molecule has 140 valence electrons. The summed E-state index contributed by atoms with van der Waals surface area (Å²) in [5.74, 6) is 1.14. The molecule has 0 unspecified atom stereocenters. The van der Waals surface area contributed by atoms with Crippen LogP contribution < -0.4 is 9.47 Å². The first-order valence-corrected chi connectivity index (χ1v) is 9.25. The molecule has 0 radical (unpaired) electrons. The number of fused-ring (bicyclic) bond motifs is 3. The Labute approximate surface area is 162 Å². The Bertz CT molecular complexity index is 1030. The molecule has 2 aliphatic heterocycles. The van der Waals surface area contributed by atoms with Gasteiger partial charge in [-0.25, -0.2) is 9.40 Å². The van der Waals surface area contributed by atoms with Crippen LogP contribution in [0.25, 0.3) is 0 Å². The lowest BCUT2D eigenvalue weighted by Gasteiger charge is -2.38. The quantitative estimate of drug-likeness (QED) is 0.641. The van der Waals surface area contributed by atoms with Gasteiger partial charge < -0.3 is 9.47 Å². The van der Waals surface area contributed by atoms with Gasteiger partial charge in [-0.3, -0.25) is 0 Å². The Morgan fingerprint density at radius 2 is 1.79 bits per heavy atom. The molecule has 0 bridgehead atoms.